The molecule has 0 fully saturated rings. The Balaban J connectivity index is 1.86. The van der Waals surface area contributed by atoms with Gasteiger partial charge in [-0.25, -0.2) is 4.98 Å². The van der Waals surface area contributed by atoms with Crippen molar-refractivity contribution in [1.29, 1.82) is 0 Å². The summed E-state index contributed by atoms with van der Waals surface area (Å²) in [5.74, 6) is 0. The maximum Gasteiger partial charge on any atom is 0.137 e. The average molecular weight is 351 g/mol. The fourth-order valence-corrected chi connectivity index (χ4v) is 2.60. The van der Waals surface area contributed by atoms with Gasteiger partial charge in [0.1, 0.15) is 5.65 Å². The molecule has 5 heteroatoms. The van der Waals surface area contributed by atoms with Gasteiger partial charge in [0.2, 0.25) is 0 Å². The minimum atomic E-state index is 0.699. The molecule has 3 aromatic rings. The van der Waals surface area contributed by atoms with Crippen LogP contribution in [0.2, 0.25) is 5.02 Å². The maximum atomic E-state index is 6.10. The summed E-state index contributed by atoms with van der Waals surface area (Å²) in [4.78, 5) is 4.55. The number of pyridine rings is 1. The smallest absolute Gasteiger partial charge is 0.137 e. The first kappa shape index (κ1) is 13.5. The van der Waals surface area contributed by atoms with E-state index >= 15 is 0 Å². The zero-order valence-electron chi connectivity index (χ0n) is 10.9. The van der Waals surface area contributed by atoms with Crippen LogP contribution in [-0.2, 0) is 6.54 Å². The number of fused-ring (bicyclic) bond motifs is 1. The molecule has 2 heterocycles. The molecule has 0 atom stereocenters. The molecule has 0 unspecified atom stereocenters. The lowest BCUT2D eigenvalue weighted by atomic mass is 10.3. The van der Waals surface area contributed by atoms with E-state index in [-0.39, 0.29) is 0 Å². The summed E-state index contributed by atoms with van der Waals surface area (Å²) in [6, 6.07) is 11.8. The lowest BCUT2D eigenvalue weighted by Gasteiger charge is -2.08. The monoisotopic (exact) mass is 349 g/mol. The molecule has 20 heavy (non-hydrogen) atoms. The molecule has 0 aliphatic rings. The minimum Gasteiger partial charge on any atom is -0.379 e. The number of aryl methyl sites for hydroxylation is 1. The number of nitrogens with one attached hydrogen (secondary N) is 1. The Labute approximate surface area is 130 Å². The van der Waals surface area contributed by atoms with Gasteiger partial charge >= 0.3 is 0 Å². The van der Waals surface area contributed by atoms with Crippen LogP contribution in [0.5, 0.6) is 0 Å². The van der Waals surface area contributed by atoms with E-state index in [2.05, 4.69) is 30.6 Å². The molecular weight excluding hydrogens is 338 g/mol. The van der Waals surface area contributed by atoms with Crippen LogP contribution in [0.1, 0.15) is 11.4 Å². The van der Waals surface area contributed by atoms with E-state index in [4.69, 9.17) is 11.6 Å². The first-order chi connectivity index (χ1) is 9.65. The van der Waals surface area contributed by atoms with Crippen LogP contribution in [0, 0.1) is 6.92 Å². The fourth-order valence-electron chi connectivity index (χ4n) is 2.17. The summed E-state index contributed by atoms with van der Waals surface area (Å²) >= 11 is 9.49. The van der Waals surface area contributed by atoms with Crippen LogP contribution in [-0.4, -0.2) is 9.38 Å². The minimum absolute atomic E-state index is 0.699. The van der Waals surface area contributed by atoms with E-state index in [1.54, 1.807) is 0 Å². The van der Waals surface area contributed by atoms with Crippen molar-refractivity contribution in [2.75, 3.05) is 5.32 Å². The number of halogens is 2. The molecule has 3 rings (SSSR count). The van der Waals surface area contributed by atoms with Gasteiger partial charge in [-0.15, -0.1) is 0 Å². The highest BCUT2D eigenvalue weighted by atomic mass is 79.9. The second-order valence-electron chi connectivity index (χ2n) is 4.56. The Hall–Kier alpha value is -1.52. The van der Waals surface area contributed by atoms with Crippen LogP contribution in [0.25, 0.3) is 5.65 Å². The molecule has 0 saturated heterocycles. The number of benzene rings is 1. The predicted molar refractivity (Wildman–Crippen MR) is 86.4 cm³/mol. The van der Waals surface area contributed by atoms with Crippen molar-refractivity contribution < 1.29 is 0 Å². The van der Waals surface area contributed by atoms with Crippen molar-refractivity contribution in [3.8, 4) is 0 Å². The van der Waals surface area contributed by atoms with Crippen molar-refractivity contribution >= 4 is 38.9 Å². The summed E-state index contributed by atoms with van der Waals surface area (Å²) in [5, 5.41) is 4.08. The van der Waals surface area contributed by atoms with E-state index in [9.17, 15) is 0 Å². The Kier molecular flexibility index (Phi) is 3.68. The van der Waals surface area contributed by atoms with Crippen LogP contribution >= 0.6 is 27.5 Å². The molecule has 0 saturated carbocycles. The third kappa shape index (κ3) is 2.53. The van der Waals surface area contributed by atoms with Gasteiger partial charge in [-0.2, -0.15) is 0 Å². The fraction of sp³-hybridized carbons (Fsp3) is 0.133. The number of anilines is 1. The third-order valence-corrected chi connectivity index (χ3v) is 4.44. The average Bonchev–Trinajstić information content (AvgIpc) is 2.76. The highest BCUT2D eigenvalue weighted by Crippen LogP contribution is 2.26. The van der Waals surface area contributed by atoms with E-state index in [1.165, 1.54) is 0 Å². The largest absolute Gasteiger partial charge is 0.379 e. The van der Waals surface area contributed by atoms with Crippen molar-refractivity contribution in [3.05, 3.63) is 63.5 Å². The van der Waals surface area contributed by atoms with E-state index in [0.717, 1.165) is 27.2 Å². The van der Waals surface area contributed by atoms with Gasteiger partial charge in [0.25, 0.3) is 0 Å². The summed E-state index contributed by atoms with van der Waals surface area (Å²) in [6.07, 6.45) is 2.03. The number of hydrogen-bond acceptors (Lipinski definition) is 2. The number of aromatic nitrogens is 2. The highest BCUT2D eigenvalue weighted by molar-refractivity contribution is 9.10. The molecule has 0 spiro atoms. The van der Waals surface area contributed by atoms with Crippen molar-refractivity contribution in [1.82, 2.24) is 9.38 Å². The van der Waals surface area contributed by atoms with Gasteiger partial charge in [0.15, 0.2) is 0 Å². The van der Waals surface area contributed by atoms with E-state index in [1.807, 2.05) is 49.5 Å². The van der Waals surface area contributed by atoms with Crippen LogP contribution < -0.4 is 5.32 Å². The lowest BCUT2D eigenvalue weighted by molar-refractivity contribution is 0.987. The van der Waals surface area contributed by atoms with Crippen molar-refractivity contribution in [3.63, 3.8) is 0 Å². The number of nitrogens with zero attached hydrogens (tertiary/aromatic N) is 2. The number of hydrogen-bond donors (Lipinski definition) is 1. The molecule has 0 aliphatic heterocycles. The summed E-state index contributed by atoms with van der Waals surface area (Å²) < 4.78 is 3.00. The van der Waals surface area contributed by atoms with Crippen LogP contribution in [0.4, 0.5) is 5.69 Å². The van der Waals surface area contributed by atoms with Crippen molar-refractivity contribution in [2.45, 2.75) is 13.5 Å². The number of rotatable bonds is 3. The summed E-state index contributed by atoms with van der Waals surface area (Å²) in [5.41, 5.74) is 4.14. The summed E-state index contributed by atoms with van der Waals surface area (Å²) in [7, 11) is 0. The third-order valence-electron chi connectivity index (χ3n) is 3.21. The Morgan fingerprint density at radius 1 is 1.30 bits per heavy atom. The lowest BCUT2D eigenvalue weighted by Crippen LogP contribution is -2.04. The topological polar surface area (TPSA) is 29.3 Å². The molecule has 3 nitrogen and oxygen atoms in total. The molecule has 102 valence electrons. The first-order valence-corrected chi connectivity index (χ1v) is 7.44. The second-order valence-corrected chi connectivity index (χ2v) is 5.82. The zero-order valence-corrected chi connectivity index (χ0v) is 13.2. The maximum absolute atomic E-state index is 6.10. The predicted octanol–water partition coefficient (Wildman–Crippen LogP) is 4.67. The Morgan fingerprint density at radius 3 is 2.95 bits per heavy atom. The van der Waals surface area contributed by atoms with Crippen molar-refractivity contribution in [2.24, 2.45) is 0 Å². The molecule has 0 radical (unpaired) electrons. The molecular formula is C15H13BrClN3. The molecule has 0 amide bonds. The SMILES string of the molecule is Cc1nc2ccccn2c1CNc1ccc(Br)c(Cl)c1. The summed E-state index contributed by atoms with van der Waals surface area (Å²) in [6.45, 7) is 2.73. The van der Waals surface area contributed by atoms with Gasteiger partial charge in [0, 0.05) is 16.4 Å². The highest BCUT2D eigenvalue weighted by Gasteiger charge is 2.08. The molecule has 1 aromatic carbocycles. The standard InChI is InChI=1S/C15H13BrClN3/c1-10-14(20-7-3-2-4-15(20)19-10)9-18-11-5-6-12(16)13(17)8-11/h2-8,18H,9H2,1H3. The van der Waals surface area contributed by atoms with Crippen LogP contribution in [0.15, 0.2) is 47.1 Å². The number of imidazole rings is 1. The van der Waals surface area contributed by atoms with Gasteiger partial charge < -0.3 is 9.72 Å². The van der Waals surface area contributed by atoms with Gasteiger partial charge in [-0.05, 0) is 53.2 Å². The van der Waals surface area contributed by atoms with E-state index < -0.39 is 0 Å². The van der Waals surface area contributed by atoms with Gasteiger partial charge in [0.05, 0.1) is 23.0 Å². The van der Waals surface area contributed by atoms with E-state index in [0.29, 0.717) is 11.6 Å². The second kappa shape index (κ2) is 5.46. The molecule has 2 aromatic heterocycles. The quantitative estimate of drug-likeness (QED) is 0.743. The molecule has 0 aliphatic carbocycles. The first-order valence-electron chi connectivity index (χ1n) is 6.26. The Bertz CT molecular complexity index is 767. The molecule has 1 N–H and O–H groups in total. The van der Waals surface area contributed by atoms with Gasteiger partial charge in [-0.1, -0.05) is 17.7 Å². The zero-order chi connectivity index (χ0) is 14.1. The van der Waals surface area contributed by atoms with Crippen LogP contribution in [0.3, 0.4) is 0 Å². The molecule has 0 bridgehead atoms. The normalized spacial score (nSPS) is 10.9. The van der Waals surface area contributed by atoms with Gasteiger partial charge in [-0.3, -0.25) is 0 Å². The Morgan fingerprint density at radius 2 is 2.15 bits per heavy atom.